The molecule has 1 unspecified atom stereocenters. The lowest BCUT2D eigenvalue weighted by atomic mass is 9.34. The first kappa shape index (κ1) is 18.2. The molecule has 4 aliphatic heterocycles. The van der Waals surface area contributed by atoms with Gasteiger partial charge in [0.05, 0.1) is 24.2 Å². The van der Waals surface area contributed by atoms with Crippen LogP contribution >= 0.6 is 0 Å². The monoisotopic (exact) mass is 394 g/mol. The normalized spacial score (nSPS) is 62.9. The second-order valence-electron chi connectivity index (χ2n) is 10.8. The van der Waals surface area contributed by atoms with Crippen molar-refractivity contribution in [1.82, 2.24) is 0 Å². The zero-order valence-electron chi connectivity index (χ0n) is 16.6. The van der Waals surface area contributed by atoms with Crippen LogP contribution in [0.4, 0.5) is 0 Å². The van der Waals surface area contributed by atoms with Crippen molar-refractivity contribution in [2.45, 2.75) is 69.9 Å². The Balaban J connectivity index is 1.63. The zero-order chi connectivity index (χ0) is 19.9. The molecule has 8 fully saturated rings. The van der Waals surface area contributed by atoms with E-state index < -0.39 is 47.1 Å². The van der Waals surface area contributed by atoms with Gasteiger partial charge >= 0.3 is 0 Å². The Labute approximate surface area is 164 Å². The maximum absolute atomic E-state index is 13.9. The van der Waals surface area contributed by atoms with E-state index in [0.717, 1.165) is 19.3 Å². The summed E-state index contributed by atoms with van der Waals surface area (Å²) in [6, 6.07) is 0. The van der Waals surface area contributed by atoms with Crippen LogP contribution in [0.15, 0.2) is 0 Å². The second-order valence-corrected chi connectivity index (χ2v) is 10.8. The number of hydrogen-bond donors (Lipinski definition) is 3. The lowest BCUT2D eigenvalue weighted by Crippen LogP contribution is -2.91. The summed E-state index contributed by atoms with van der Waals surface area (Å²) in [6.07, 6.45) is -0.396. The number of aliphatic hydroxyl groups excluding tert-OH is 2. The van der Waals surface area contributed by atoms with E-state index in [0.29, 0.717) is 6.42 Å². The van der Waals surface area contributed by atoms with Crippen LogP contribution in [0, 0.1) is 39.9 Å². The molecule has 7 heteroatoms. The first-order chi connectivity index (χ1) is 13.2. The number of Topliss-reactive ketones (excluding diaryl/α,β-unsaturated/α-hetero) is 1. The molecule has 8 aliphatic rings. The highest BCUT2D eigenvalue weighted by molar-refractivity contribution is 5.93. The van der Waals surface area contributed by atoms with E-state index in [2.05, 4.69) is 13.8 Å². The van der Waals surface area contributed by atoms with E-state index in [4.69, 9.17) is 14.2 Å². The van der Waals surface area contributed by atoms with Crippen LogP contribution in [0.2, 0.25) is 0 Å². The standard InChI is InChI=1S/C21H30O7/c1-18(2)7-6-12(22)19-11-5-4-9-10(8-26-3)14(23)20(11)16(9)27-17(19)28-21(20,25)15(24)13(18)19/h9-13,15-17,22,24-25H,4-8H2,1-3H3/t9-,10+,11-,12-,13+,15-,16-,17?,19-,20-,21-/m0/s1. The largest absolute Gasteiger partial charge is 0.392 e. The van der Waals surface area contributed by atoms with Crippen molar-refractivity contribution in [2.24, 2.45) is 39.9 Å². The highest BCUT2D eigenvalue weighted by atomic mass is 16.8. The molecule has 3 N–H and O–H groups in total. The Morgan fingerprint density at radius 2 is 1.96 bits per heavy atom. The molecule has 2 spiro atoms. The third kappa shape index (κ3) is 1.48. The Morgan fingerprint density at radius 3 is 2.68 bits per heavy atom. The van der Waals surface area contributed by atoms with Crippen LogP contribution in [-0.4, -0.2) is 65.2 Å². The van der Waals surface area contributed by atoms with E-state index in [1.54, 1.807) is 7.11 Å². The molecule has 8 rings (SSSR count). The van der Waals surface area contributed by atoms with E-state index in [1.165, 1.54) is 0 Å². The van der Waals surface area contributed by atoms with Crippen molar-refractivity contribution in [1.29, 1.82) is 0 Å². The molecule has 0 radical (unpaired) electrons. The van der Waals surface area contributed by atoms with Gasteiger partial charge in [-0.25, -0.2) is 0 Å². The van der Waals surface area contributed by atoms with Gasteiger partial charge in [-0.3, -0.25) is 4.79 Å². The van der Waals surface area contributed by atoms with Crippen LogP contribution in [0.1, 0.15) is 39.5 Å². The number of methoxy groups -OCH3 is 1. The van der Waals surface area contributed by atoms with Crippen molar-refractivity contribution < 1.29 is 34.3 Å². The first-order valence-electron chi connectivity index (χ1n) is 10.6. The Bertz CT molecular complexity index is 753. The molecule has 156 valence electrons. The van der Waals surface area contributed by atoms with Crippen molar-refractivity contribution in [2.75, 3.05) is 13.7 Å². The van der Waals surface area contributed by atoms with E-state index in [-0.39, 0.29) is 35.6 Å². The summed E-state index contributed by atoms with van der Waals surface area (Å²) in [5.74, 6) is -3.14. The van der Waals surface area contributed by atoms with Crippen LogP contribution < -0.4 is 0 Å². The van der Waals surface area contributed by atoms with Crippen LogP contribution in [-0.2, 0) is 19.0 Å². The maximum Gasteiger partial charge on any atom is 0.210 e. The van der Waals surface area contributed by atoms with Gasteiger partial charge in [-0.05, 0) is 42.9 Å². The fraction of sp³-hybridized carbons (Fsp3) is 0.952. The average molecular weight is 394 g/mol. The van der Waals surface area contributed by atoms with Gasteiger partial charge in [0.15, 0.2) is 12.1 Å². The number of carbonyl (C=O) groups is 1. The summed E-state index contributed by atoms with van der Waals surface area (Å²) in [6.45, 7) is 4.44. The lowest BCUT2D eigenvalue weighted by Gasteiger charge is -2.79. The number of ether oxygens (including phenoxy) is 3. The van der Waals surface area contributed by atoms with Gasteiger partial charge in [-0.15, -0.1) is 0 Å². The predicted molar refractivity (Wildman–Crippen MR) is 94.7 cm³/mol. The molecule has 4 saturated heterocycles. The molecule has 7 nitrogen and oxygen atoms in total. The highest BCUT2D eigenvalue weighted by Crippen LogP contribution is 2.81. The molecular formula is C21H30O7. The van der Waals surface area contributed by atoms with E-state index in [9.17, 15) is 20.1 Å². The van der Waals surface area contributed by atoms with E-state index >= 15 is 0 Å². The minimum Gasteiger partial charge on any atom is -0.392 e. The van der Waals surface area contributed by atoms with Crippen molar-refractivity contribution in [3.05, 3.63) is 0 Å². The van der Waals surface area contributed by atoms with E-state index in [1.807, 2.05) is 0 Å². The maximum atomic E-state index is 13.9. The summed E-state index contributed by atoms with van der Waals surface area (Å²) >= 11 is 0. The topological polar surface area (TPSA) is 105 Å². The molecule has 11 atom stereocenters. The predicted octanol–water partition coefficient (Wildman–Crippen LogP) is 0.446. The number of hydrogen-bond acceptors (Lipinski definition) is 7. The summed E-state index contributed by atoms with van der Waals surface area (Å²) < 4.78 is 17.8. The number of aliphatic hydroxyl groups is 3. The Hall–Kier alpha value is -0.570. The van der Waals surface area contributed by atoms with Crippen LogP contribution in [0.5, 0.6) is 0 Å². The summed E-state index contributed by atoms with van der Waals surface area (Å²) in [7, 11) is 1.58. The second kappa shape index (κ2) is 5.01. The van der Waals surface area contributed by atoms with Gasteiger partial charge in [0.25, 0.3) is 0 Å². The molecule has 0 aromatic rings. The molecule has 0 amide bonds. The third-order valence-corrected chi connectivity index (χ3v) is 9.68. The van der Waals surface area contributed by atoms with Gasteiger partial charge in [-0.2, -0.15) is 0 Å². The van der Waals surface area contributed by atoms with Gasteiger partial charge in [-0.1, -0.05) is 13.8 Å². The quantitative estimate of drug-likeness (QED) is 0.624. The smallest absolute Gasteiger partial charge is 0.210 e. The highest BCUT2D eigenvalue weighted by Gasteiger charge is 2.92. The Kier molecular flexibility index (Phi) is 3.26. The average Bonchev–Trinajstić information content (AvgIpc) is 2.78. The number of carbonyl (C=O) groups excluding carboxylic acids is 1. The SMILES string of the molecule is COC[C@H]1C(=O)[C@@]23[C@H]4OC5O[C@@]2(O)[C@@H](O)[C@@H]2C(C)(C)CC[C@H](O)[C@]52[C@@H]3CC[C@@H]14. The molecular weight excluding hydrogens is 364 g/mol. The molecule has 4 saturated carbocycles. The molecule has 28 heavy (non-hydrogen) atoms. The van der Waals surface area contributed by atoms with Gasteiger partial charge in [0.1, 0.15) is 11.5 Å². The van der Waals surface area contributed by atoms with Crippen molar-refractivity contribution >= 4 is 5.78 Å². The molecule has 0 aromatic heterocycles. The van der Waals surface area contributed by atoms with Crippen LogP contribution in [0.25, 0.3) is 0 Å². The van der Waals surface area contributed by atoms with Gasteiger partial charge in [0.2, 0.25) is 5.79 Å². The Morgan fingerprint density at radius 1 is 1.21 bits per heavy atom. The van der Waals surface area contributed by atoms with Crippen molar-refractivity contribution in [3.63, 3.8) is 0 Å². The fourth-order valence-corrected chi connectivity index (χ4v) is 8.96. The summed E-state index contributed by atoms with van der Waals surface area (Å²) in [4.78, 5) is 13.9. The first-order valence-corrected chi connectivity index (χ1v) is 10.6. The fourth-order valence-electron chi connectivity index (χ4n) is 8.96. The minimum absolute atomic E-state index is 0.0449. The van der Waals surface area contributed by atoms with Gasteiger partial charge in [0, 0.05) is 18.9 Å². The molecule has 0 aromatic carbocycles. The van der Waals surface area contributed by atoms with Crippen molar-refractivity contribution in [3.8, 4) is 0 Å². The molecule has 4 aliphatic carbocycles. The zero-order valence-corrected chi connectivity index (χ0v) is 16.6. The van der Waals surface area contributed by atoms with Crippen LogP contribution in [0.3, 0.4) is 0 Å². The summed E-state index contributed by atoms with van der Waals surface area (Å²) in [5, 5.41) is 34.7. The third-order valence-electron chi connectivity index (χ3n) is 9.68. The molecule has 4 heterocycles. The molecule has 7 bridgehead atoms. The lowest BCUT2D eigenvalue weighted by molar-refractivity contribution is -0.557. The van der Waals surface area contributed by atoms with Gasteiger partial charge < -0.3 is 29.5 Å². The minimum atomic E-state index is -1.97. The number of ketones is 1. The number of rotatable bonds is 2. The summed E-state index contributed by atoms with van der Waals surface area (Å²) in [5.41, 5.74) is -2.50.